The van der Waals surface area contributed by atoms with E-state index in [0.717, 1.165) is 49.8 Å². The first kappa shape index (κ1) is 26.7. The van der Waals surface area contributed by atoms with Crippen LogP contribution >= 0.6 is 0 Å². The fraction of sp³-hybridized carbons (Fsp3) is 0. The van der Waals surface area contributed by atoms with Crippen molar-refractivity contribution in [1.82, 2.24) is 19.1 Å². The molecule has 0 unspecified atom stereocenters. The molecule has 0 N–H and O–H groups in total. The Morgan fingerprint density at radius 2 is 1.06 bits per heavy atom. The number of aromatic nitrogens is 4. The van der Waals surface area contributed by atoms with Gasteiger partial charge < -0.3 is 4.57 Å². The summed E-state index contributed by atoms with van der Waals surface area (Å²) in [5.41, 5.74) is 9.73. The summed E-state index contributed by atoms with van der Waals surface area (Å²) in [5, 5.41) is 6.90. The molecule has 10 aromatic rings. The molecule has 0 aliphatic rings. The predicted octanol–water partition coefficient (Wildman–Crippen LogP) is 11.2. The van der Waals surface area contributed by atoms with Crippen molar-refractivity contribution in [2.75, 3.05) is 0 Å². The van der Waals surface area contributed by atoms with Crippen LogP contribution in [0.15, 0.2) is 170 Å². The second kappa shape index (κ2) is 10.5. The molecular weight excluding hydrogens is 585 g/mol. The van der Waals surface area contributed by atoms with Crippen LogP contribution in [0.4, 0.5) is 0 Å². The Labute approximate surface area is 276 Å². The maximum Gasteiger partial charge on any atom is 0.235 e. The van der Waals surface area contributed by atoms with Gasteiger partial charge in [-0.25, -0.2) is 9.97 Å². The summed E-state index contributed by atoms with van der Waals surface area (Å²) in [6.45, 7) is 0. The van der Waals surface area contributed by atoms with Gasteiger partial charge in [0, 0.05) is 39.0 Å². The van der Waals surface area contributed by atoms with Crippen LogP contribution in [-0.4, -0.2) is 19.1 Å². The van der Waals surface area contributed by atoms with Crippen LogP contribution < -0.4 is 0 Å². The molecule has 224 valence electrons. The third-order valence-electron chi connectivity index (χ3n) is 9.57. The lowest BCUT2D eigenvalue weighted by Crippen LogP contribution is -2.05. The monoisotopic (exact) mass is 612 g/mol. The molecule has 0 bridgehead atoms. The van der Waals surface area contributed by atoms with Crippen LogP contribution in [0.3, 0.4) is 0 Å². The van der Waals surface area contributed by atoms with Gasteiger partial charge in [-0.05, 0) is 52.2 Å². The van der Waals surface area contributed by atoms with Gasteiger partial charge in [0.15, 0.2) is 0 Å². The molecule has 0 atom stereocenters. The Morgan fingerprint density at radius 3 is 1.88 bits per heavy atom. The molecule has 0 spiro atoms. The van der Waals surface area contributed by atoms with E-state index in [0.29, 0.717) is 5.95 Å². The van der Waals surface area contributed by atoms with E-state index in [4.69, 9.17) is 9.97 Å². The van der Waals surface area contributed by atoms with Gasteiger partial charge in [0.2, 0.25) is 5.95 Å². The van der Waals surface area contributed by atoms with Gasteiger partial charge in [-0.15, -0.1) is 0 Å². The second-order valence-corrected chi connectivity index (χ2v) is 12.2. The topological polar surface area (TPSA) is 35.6 Å². The van der Waals surface area contributed by atoms with E-state index in [1.165, 1.54) is 32.7 Å². The molecule has 10 rings (SSSR count). The summed E-state index contributed by atoms with van der Waals surface area (Å²) in [6, 6.07) is 57.9. The lowest BCUT2D eigenvalue weighted by atomic mass is 9.93. The van der Waals surface area contributed by atoms with Crippen molar-refractivity contribution in [1.29, 1.82) is 0 Å². The lowest BCUT2D eigenvalue weighted by molar-refractivity contribution is 1.01. The molecule has 0 aliphatic heterocycles. The van der Waals surface area contributed by atoms with Crippen molar-refractivity contribution in [3.05, 3.63) is 170 Å². The molecule has 0 aliphatic carbocycles. The third-order valence-corrected chi connectivity index (χ3v) is 9.57. The summed E-state index contributed by atoms with van der Waals surface area (Å²) in [7, 11) is 0. The SMILES string of the molecule is c1ccc(-c2ccc(-c3nc(-n4c5ccccc5c5ccc6ccn(-c7ccccc7)c6c54)nc4ccccc34)c3ccccc23)cc1. The van der Waals surface area contributed by atoms with Crippen molar-refractivity contribution < 1.29 is 0 Å². The van der Waals surface area contributed by atoms with E-state index in [-0.39, 0.29) is 0 Å². The molecule has 0 saturated carbocycles. The van der Waals surface area contributed by atoms with Crippen molar-refractivity contribution in [3.63, 3.8) is 0 Å². The van der Waals surface area contributed by atoms with Gasteiger partial charge in [0.05, 0.1) is 27.8 Å². The molecule has 4 heteroatoms. The fourth-order valence-electron chi connectivity index (χ4n) is 7.43. The van der Waals surface area contributed by atoms with Crippen molar-refractivity contribution in [3.8, 4) is 34.0 Å². The van der Waals surface area contributed by atoms with E-state index in [9.17, 15) is 0 Å². The van der Waals surface area contributed by atoms with Crippen LogP contribution in [0.25, 0.3) is 88.4 Å². The van der Waals surface area contributed by atoms with Gasteiger partial charge in [0.1, 0.15) is 0 Å². The van der Waals surface area contributed by atoms with E-state index < -0.39 is 0 Å². The third kappa shape index (κ3) is 3.96. The smallest absolute Gasteiger partial charge is 0.235 e. The molecule has 4 nitrogen and oxygen atoms in total. The highest BCUT2D eigenvalue weighted by atomic mass is 15.2. The van der Waals surface area contributed by atoms with Gasteiger partial charge in [-0.2, -0.15) is 0 Å². The fourth-order valence-corrected chi connectivity index (χ4v) is 7.43. The van der Waals surface area contributed by atoms with Gasteiger partial charge in [-0.3, -0.25) is 4.57 Å². The Bertz CT molecular complexity index is 2830. The first-order chi connectivity index (χ1) is 23.8. The molecule has 0 saturated heterocycles. The van der Waals surface area contributed by atoms with E-state index in [1.807, 2.05) is 0 Å². The molecule has 48 heavy (non-hydrogen) atoms. The first-order valence-corrected chi connectivity index (χ1v) is 16.3. The average Bonchev–Trinajstić information content (AvgIpc) is 3.74. The summed E-state index contributed by atoms with van der Waals surface area (Å²) in [4.78, 5) is 10.8. The predicted molar refractivity (Wildman–Crippen MR) is 199 cm³/mol. The first-order valence-electron chi connectivity index (χ1n) is 16.3. The quantitative estimate of drug-likeness (QED) is 0.198. The summed E-state index contributed by atoms with van der Waals surface area (Å²) >= 11 is 0. The molecule has 7 aromatic carbocycles. The van der Waals surface area contributed by atoms with Crippen LogP contribution in [0, 0.1) is 0 Å². The molecule has 3 heterocycles. The minimum Gasteiger partial charge on any atom is -0.315 e. The zero-order valence-electron chi connectivity index (χ0n) is 26.0. The second-order valence-electron chi connectivity index (χ2n) is 12.2. The highest BCUT2D eigenvalue weighted by molar-refractivity contribution is 6.18. The maximum atomic E-state index is 5.50. The van der Waals surface area contributed by atoms with Crippen LogP contribution in [0.5, 0.6) is 0 Å². The van der Waals surface area contributed by atoms with E-state index in [2.05, 4.69) is 179 Å². The highest BCUT2D eigenvalue weighted by Crippen LogP contribution is 2.40. The summed E-state index contributed by atoms with van der Waals surface area (Å²) in [6.07, 6.45) is 2.16. The Kier molecular flexibility index (Phi) is 5.84. The molecule has 3 aromatic heterocycles. The standard InChI is InChI=1S/C44H28N4/c1-3-13-29(14-4-1)32-25-26-36(34-18-8-7-17-33(32)34)41-38-20-9-11-21-39(38)45-44(46-41)48-40-22-12-10-19-35(40)37-24-23-30-27-28-47(42(30)43(37)48)31-15-5-2-6-16-31/h1-28H. The minimum absolute atomic E-state index is 0.652. The normalized spacial score (nSPS) is 11.8. The van der Waals surface area contributed by atoms with Crippen molar-refractivity contribution >= 4 is 54.4 Å². The molecule has 0 fully saturated rings. The largest absolute Gasteiger partial charge is 0.315 e. The lowest BCUT2D eigenvalue weighted by Gasteiger charge is -2.15. The number of benzene rings is 7. The molecule has 0 radical (unpaired) electrons. The Balaban J connectivity index is 1.31. The number of hydrogen-bond acceptors (Lipinski definition) is 2. The zero-order valence-corrected chi connectivity index (χ0v) is 26.0. The van der Waals surface area contributed by atoms with Crippen molar-refractivity contribution in [2.45, 2.75) is 0 Å². The van der Waals surface area contributed by atoms with Crippen LogP contribution in [0.1, 0.15) is 0 Å². The number of nitrogens with zero attached hydrogens (tertiary/aromatic N) is 4. The van der Waals surface area contributed by atoms with Gasteiger partial charge >= 0.3 is 0 Å². The van der Waals surface area contributed by atoms with Gasteiger partial charge in [0.25, 0.3) is 0 Å². The maximum absolute atomic E-state index is 5.50. The summed E-state index contributed by atoms with van der Waals surface area (Å²) in [5.74, 6) is 0.652. The van der Waals surface area contributed by atoms with Crippen LogP contribution in [-0.2, 0) is 0 Å². The molecule has 0 amide bonds. The van der Waals surface area contributed by atoms with E-state index >= 15 is 0 Å². The zero-order chi connectivity index (χ0) is 31.6. The van der Waals surface area contributed by atoms with Crippen molar-refractivity contribution in [2.24, 2.45) is 0 Å². The number of rotatable bonds is 4. The summed E-state index contributed by atoms with van der Waals surface area (Å²) < 4.78 is 4.55. The number of fused-ring (bicyclic) bond motifs is 7. The highest BCUT2D eigenvalue weighted by Gasteiger charge is 2.21. The Morgan fingerprint density at radius 1 is 0.417 bits per heavy atom. The number of hydrogen-bond donors (Lipinski definition) is 0. The van der Waals surface area contributed by atoms with E-state index in [1.54, 1.807) is 0 Å². The van der Waals surface area contributed by atoms with Crippen LogP contribution in [0.2, 0.25) is 0 Å². The van der Waals surface area contributed by atoms with Gasteiger partial charge in [-0.1, -0.05) is 133 Å². The molecular formula is C44H28N4. The average molecular weight is 613 g/mol. The minimum atomic E-state index is 0.652. The number of para-hydroxylation sites is 3. The Hall–Kier alpha value is -6.52.